The van der Waals surface area contributed by atoms with Crippen LogP contribution in [0.4, 0.5) is 10.8 Å². The molecule has 1 aliphatic heterocycles. The fourth-order valence-corrected chi connectivity index (χ4v) is 5.05. The highest BCUT2D eigenvalue weighted by Crippen LogP contribution is 2.36. The summed E-state index contributed by atoms with van der Waals surface area (Å²) in [6, 6.07) is 11.9. The average Bonchev–Trinajstić information content (AvgIpc) is 3.12. The van der Waals surface area contributed by atoms with Crippen molar-refractivity contribution in [3.05, 3.63) is 47.5 Å². The Morgan fingerprint density at radius 2 is 2.00 bits per heavy atom. The molecule has 0 fully saturated rings. The molecule has 0 unspecified atom stereocenters. The van der Waals surface area contributed by atoms with Crippen molar-refractivity contribution in [1.29, 1.82) is 0 Å². The molecule has 0 saturated carbocycles. The van der Waals surface area contributed by atoms with Gasteiger partial charge >= 0.3 is 0 Å². The Balaban J connectivity index is 1.52. The van der Waals surface area contributed by atoms with Crippen molar-refractivity contribution in [2.45, 2.75) is 12.5 Å². The zero-order valence-corrected chi connectivity index (χ0v) is 19.5. The van der Waals surface area contributed by atoms with E-state index in [0.717, 1.165) is 17.6 Å². The van der Waals surface area contributed by atoms with Crippen molar-refractivity contribution >= 4 is 49.7 Å². The van der Waals surface area contributed by atoms with E-state index in [0.29, 0.717) is 20.8 Å². The Hall–Kier alpha value is -2.89. The number of benzene rings is 2. The molecule has 2 aromatic carbocycles. The number of sulfonamides is 1. The van der Waals surface area contributed by atoms with Crippen LogP contribution in [-0.4, -0.2) is 50.5 Å². The molecule has 32 heavy (non-hydrogen) atoms. The fourth-order valence-electron chi connectivity index (χ4n) is 3.19. The molecule has 0 saturated heterocycles. The smallest absolute Gasteiger partial charge is 0.267 e. The molecule has 1 amide bonds. The number of amides is 1. The van der Waals surface area contributed by atoms with Gasteiger partial charge in [0.05, 0.1) is 19.1 Å². The van der Waals surface area contributed by atoms with Gasteiger partial charge in [-0.25, -0.2) is 8.42 Å². The topological polar surface area (TPSA) is 111 Å². The van der Waals surface area contributed by atoms with E-state index < -0.39 is 22.0 Å². The predicted octanol–water partition coefficient (Wildman–Crippen LogP) is 3.42. The summed E-state index contributed by atoms with van der Waals surface area (Å²) in [6.07, 6.45) is 0.324. The van der Waals surface area contributed by atoms with Crippen molar-refractivity contribution < 1.29 is 22.7 Å². The van der Waals surface area contributed by atoms with E-state index >= 15 is 0 Å². The monoisotopic (exact) mass is 494 g/mol. The van der Waals surface area contributed by atoms with Crippen LogP contribution in [-0.2, 0) is 14.8 Å². The van der Waals surface area contributed by atoms with Gasteiger partial charge < -0.3 is 9.47 Å². The summed E-state index contributed by atoms with van der Waals surface area (Å²) in [4.78, 5) is 12.9. The molecule has 1 atom stereocenters. The van der Waals surface area contributed by atoms with Gasteiger partial charge in [-0.05, 0) is 42.5 Å². The zero-order valence-electron chi connectivity index (χ0n) is 17.1. The first-order valence-electron chi connectivity index (χ1n) is 9.47. The average molecular weight is 495 g/mol. The first-order chi connectivity index (χ1) is 15.2. The van der Waals surface area contributed by atoms with Gasteiger partial charge in [0.1, 0.15) is 16.5 Å². The van der Waals surface area contributed by atoms with Gasteiger partial charge in [0.15, 0.2) is 6.10 Å². The number of nitrogens with zero attached hydrogens (tertiary/aromatic N) is 3. The minimum Gasteiger partial charge on any atom is -0.497 e. The molecule has 0 radical (unpaired) electrons. The van der Waals surface area contributed by atoms with E-state index in [1.165, 1.54) is 21.7 Å². The first-order valence-corrected chi connectivity index (χ1v) is 12.5. The number of ether oxygens (including phenoxy) is 2. The van der Waals surface area contributed by atoms with Crippen LogP contribution in [0.15, 0.2) is 42.5 Å². The second-order valence-electron chi connectivity index (χ2n) is 6.97. The van der Waals surface area contributed by atoms with Crippen LogP contribution in [0, 0.1) is 0 Å². The van der Waals surface area contributed by atoms with Gasteiger partial charge in [0, 0.05) is 23.6 Å². The summed E-state index contributed by atoms with van der Waals surface area (Å²) in [6.45, 7) is 0.0669. The normalized spacial score (nSPS) is 16.0. The Labute approximate surface area is 194 Å². The molecule has 0 spiro atoms. The van der Waals surface area contributed by atoms with Crippen LogP contribution in [0.2, 0.25) is 5.02 Å². The molecule has 1 N–H and O–H groups in total. The van der Waals surface area contributed by atoms with Gasteiger partial charge in [-0.3, -0.25) is 14.4 Å². The summed E-state index contributed by atoms with van der Waals surface area (Å²) in [5, 5.41) is 12.2. The number of hydrogen-bond donors (Lipinski definition) is 1. The number of rotatable bonds is 5. The molecular weight excluding hydrogens is 476 g/mol. The number of carbonyl (C=O) groups is 1. The molecule has 12 heteroatoms. The van der Waals surface area contributed by atoms with Crippen molar-refractivity contribution in [1.82, 2.24) is 10.2 Å². The van der Waals surface area contributed by atoms with Crippen LogP contribution in [0.5, 0.6) is 11.5 Å². The molecule has 3 aromatic rings. The second-order valence-corrected chi connectivity index (χ2v) is 10.3. The number of nitrogens with one attached hydrogen (secondary N) is 1. The highest BCUT2D eigenvalue weighted by atomic mass is 35.5. The van der Waals surface area contributed by atoms with Gasteiger partial charge in [-0.15, -0.1) is 10.2 Å². The molecular formula is C20H19ClN4O5S2. The molecule has 0 aliphatic carbocycles. The number of methoxy groups -OCH3 is 1. The third-order valence-electron chi connectivity index (χ3n) is 4.74. The van der Waals surface area contributed by atoms with Crippen molar-refractivity contribution in [3.8, 4) is 22.1 Å². The standard InChI is InChI=1S/C20H19ClN4O5S2/c1-29-14-6-3-12(4-7-14)19-23-24-20(31-19)22-18(26)17-9-10-25(32(2,27)28)15-11-13(21)5-8-16(15)30-17/h3-8,11,17H,9-10H2,1-2H3,(H,22,24,26)/t17-/m1/s1. The third-order valence-corrected chi connectivity index (χ3v) is 7.04. The van der Waals surface area contributed by atoms with Crippen LogP contribution < -0.4 is 19.1 Å². The van der Waals surface area contributed by atoms with Gasteiger partial charge in [-0.2, -0.15) is 0 Å². The number of hydrogen-bond acceptors (Lipinski definition) is 8. The van der Waals surface area contributed by atoms with Crippen molar-refractivity contribution in [2.75, 3.05) is 29.5 Å². The van der Waals surface area contributed by atoms with Crippen molar-refractivity contribution in [2.24, 2.45) is 0 Å². The highest BCUT2D eigenvalue weighted by Gasteiger charge is 2.32. The summed E-state index contributed by atoms with van der Waals surface area (Å²) in [5.74, 6) is 0.536. The van der Waals surface area contributed by atoms with E-state index in [-0.39, 0.29) is 18.7 Å². The summed E-state index contributed by atoms with van der Waals surface area (Å²) in [5.41, 5.74) is 1.14. The molecule has 2 heterocycles. The van der Waals surface area contributed by atoms with Crippen LogP contribution >= 0.6 is 22.9 Å². The summed E-state index contributed by atoms with van der Waals surface area (Å²) < 4.78 is 36.7. The number of anilines is 2. The van der Waals surface area contributed by atoms with E-state index in [2.05, 4.69) is 15.5 Å². The minimum absolute atomic E-state index is 0.0669. The molecule has 0 bridgehead atoms. The summed E-state index contributed by atoms with van der Waals surface area (Å²) >= 11 is 7.26. The maximum Gasteiger partial charge on any atom is 0.267 e. The molecule has 9 nitrogen and oxygen atoms in total. The van der Waals surface area contributed by atoms with Gasteiger partial charge in [0.25, 0.3) is 5.91 Å². The molecule has 168 valence electrons. The van der Waals surface area contributed by atoms with Gasteiger partial charge in [-0.1, -0.05) is 22.9 Å². The maximum atomic E-state index is 12.9. The minimum atomic E-state index is -3.59. The van der Waals surface area contributed by atoms with E-state index in [9.17, 15) is 13.2 Å². The fraction of sp³-hybridized carbons (Fsp3) is 0.250. The third kappa shape index (κ3) is 4.79. The molecule has 1 aliphatic rings. The Morgan fingerprint density at radius 3 is 2.69 bits per heavy atom. The Bertz CT molecular complexity index is 1250. The van der Waals surface area contributed by atoms with E-state index in [4.69, 9.17) is 21.1 Å². The number of halogens is 1. The second kappa shape index (κ2) is 8.93. The van der Waals surface area contributed by atoms with Crippen LogP contribution in [0.3, 0.4) is 0 Å². The van der Waals surface area contributed by atoms with E-state index in [1.807, 2.05) is 24.3 Å². The lowest BCUT2D eigenvalue weighted by molar-refractivity contribution is -0.122. The lowest BCUT2D eigenvalue weighted by Crippen LogP contribution is -2.35. The van der Waals surface area contributed by atoms with Crippen LogP contribution in [0.25, 0.3) is 10.6 Å². The number of fused-ring (bicyclic) bond motifs is 1. The lowest BCUT2D eigenvalue weighted by atomic mass is 10.2. The summed E-state index contributed by atoms with van der Waals surface area (Å²) in [7, 11) is -2.00. The quantitative estimate of drug-likeness (QED) is 0.578. The number of carbonyl (C=O) groups excluding carboxylic acids is 1. The van der Waals surface area contributed by atoms with Crippen LogP contribution in [0.1, 0.15) is 6.42 Å². The highest BCUT2D eigenvalue weighted by molar-refractivity contribution is 7.92. The first kappa shape index (κ1) is 22.3. The number of aromatic nitrogens is 2. The largest absolute Gasteiger partial charge is 0.497 e. The van der Waals surface area contributed by atoms with Crippen molar-refractivity contribution in [3.63, 3.8) is 0 Å². The SMILES string of the molecule is COc1ccc(-c2nnc(NC(=O)[C@H]3CCN(S(C)(=O)=O)c4cc(Cl)ccc4O3)s2)cc1. The van der Waals surface area contributed by atoms with E-state index in [1.54, 1.807) is 19.2 Å². The maximum absolute atomic E-state index is 12.9. The Morgan fingerprint density at radius 1 is 1.25 bits per heavy atom. The zero-order chi connectivity index (χ0) is 22.9. The predicted molar refractivity (Wildman–Crippen MR) is 123 cm³/mol. The Kier molecular flexibility index (Phi) is 6.22. The molecule has 1 aromatic heterocycles. The molecule has 4 rings (SSSR count). The van der Waals surface area contributed by atoms with Gasteiger partial charge in [0.2, 0.25) is 15.2 Å². The lowest BCUT2D eigenvalue weighted by Gasteiger charge is -2.21.